The Kier molecular flexibility index (Phi) is 5.10. The Morgan fingerprint density at radius 3 is 2.63 bits per heavy atom. The molecule has 2 aromatic rings. The standard InChI is InChI=1S/C23H32N2O2/c1-2-5-19(4-1)25-14-10-21-22(25)6-3-7-23(21)27-20-8-12-24(13-9-20)16-18-11-15-26-17-18/h3,6-7,10,14,18-20H,1-2,4-5,8-9,11-13,15-17H2. The van der Waals surface area contributed by atoms with E-state index < -0.39 is 0 Å². The first-order chi connectivity index (χ1) is 13.4. The second kappa shape index (κ2) is 7.84. The average Bonchev–Trinajstić information content (AvgIpc) is 3.45. The maximum absolute atomic E-state index is 6.50. The summed E-state index contributed by atoms with van der Waals surface area (Å²) in [6, 6.07) is 9.52. The van der Waals surface area contributed by atoms with E-state index in [0.29, 0.717) is 12.1 Å². The van der Waals surface area contributed by atoms with E-state index in [1.807, 2.05) is 0 Å². The average molecular weight is 369 g/mol. The van der Waals surface area contributed by atoms with Crippen molar-refractivity contribution in [3.05, 3.63) is 30.5 Å². The van der Waals surface area contributed by atoms with Gasteiger partial charge in [-0.1, -0.05) is 18.9 Å². The quantitative estimate of drug-likeness (QED) is 0.769. The summed E-state index contributed by atoms with van der Waals surface area (Å²) < 4.78 is 14.5. The number of aromatic nitrogens is 1. The molecule has 0 radical (unpaired) electrons. The fourth-order valence-corrected chi connectivity index (χ4v) is 5.25. The van der Waals surface area contributed by atoms with E-state index in [-0.39, 0.29) is 0 Å². The van der Waals surface area contributed by atoms with Crippen LogP contribution in [0.1, 0.15) is 51.0 Å². The van der Waals surface area contributed by atoms with Crippen LogP contribution < -0.4 is 4.74 Å². The fraction of sp³-hybridized carbons (Fsp3) is 0.652. The SMILES string of the molecule is c1cc(OC2CCN(CC3CCOC3)CC2)c2ccn(C3CCCC3)c2c1. The van der Waals surface area contributed by atoms with E-state index in [0.717, 1.165) is 50.8 Å². The van der Waals surface area contributed by atoms with Crippen molar-refractivity contribution in [1.82, 2.24) is 9.47 Å². The lowest BCUT2D eigenvalue weighted by Crippen LogP contribution is -2.40. The molecule has 4 nitrogen and oxygen atoms in total. The minimum atomic E-state index is 0.349. The predicted octanol–water partition coefficient (Wildman–Crippen LogP) is 4.64. The van der Waals surface area contributed by atoms with Crippen LogP contribution in [0.4, 0.5) is 0 Å². The molecule has 27 heavy (non-hydrogen) atoms. The summed E-state index contributed by atoms with van der Waals surface area (Å²) in [7, 11) is 0. The molecular weight excluding hydrogens is 336 g/mol. The van der Waals surface area contributed by atoms with Crippen LogP contribution in [0.3, 0.4) is 0 Å². The van der Waals surface area contributed by atoms with Gasteiger partial charge in [0.1, 0.15) is 11.9 Å². The number of fused-ring (bicyclic) bond motifs is 1. The van der Waals surface area contributed by atoms with Gasteiger partial charge in [-0.2, -0.15) is 0 Å². The zero-order valence-corrected chi connectivity index (χ0v) is 16.3. The van der Waals surface area contributed by atoms with Gasteiger partial charge in [0.15, 0.2) is 0 Å². The third kappa shape index (κ3) is 3.74. The molecule has 3 heterocycles. The minimum Gasteiger partial charge on any atom is -0.490 e. The second-order valence-electron chi connectivity index (χ2n) is 8.70. The van der Waals surface area contributed by atoms with Gasteiger partial charge in [0.2, 0.25) is 0 Å². The number of hydrogen-bond acceptors (Lipinski definition) is 3. The molecule has 2 saturated heterocycles. The number of nitrogens with zero attached hydrogens (tertiary/aromatic N) is 2. The lowest BCUT2D eigenvalue weighted by molar-refractivity contribution is 0.0890. The zero-order chi connectivity index (χ0) is 18.1. The molecule has 0 spiro atoms. The Morgan fingerprint density at radius 1 is 1.00 bits per heavy atom. The zero-order valence-electron chi connectivity index (χ0n) is 16.3. The Morgan fingerprint density at radius 2 is 1.85 bits per heavy atom. The first-order valence-corrected chi connectivity index (χ1v) is 10.9. The molecule has 3 fully saturated rings. The summed E-state index contributed by atoms with van der Waals surface area (Å²) in [4.78, 5) is 2.61. The maximum Gasteiger partial charge on any atom is 0.129 e. The molecule has 1 aromatic carbocycles. The predicted molar refractivity (Wildman–Crippen MR) is 108 cm³/mol. The molecule has 1 atom stereocenters. The number of ether oxygens (including phenoxy) is 2. The monoisotopic (exact) mass is 368 g/mol. The molecule has 4 heteroatoms. The van der Waals surface area contributed by atoms with Crippen molar-refractivity contribution >= 4 is 10.9 Å². The molecule has 0 N–H and O–H groups in total. The van der Waals surface area contributed by atoms with Crippen molar-refractivity contribution in [3.8, 4) is 5.75 Å². The third-order valence-electron chi connectivity index (χ3n) is 6.81. The van der Waals surface area contributed by atoms with Crippen molar-refractivity contribution in [3.63, 3.8) is 0 Å². The van der Waals surface area contributed by atoms with Gasteiger partial charge in [-0.25, -0.2) is 0 Å². The Balaban J connectivity index is 1.23. The highest BCUT2D eigenvalue weighted by atomic mass is 16.5. The highest BCUT2D eigenvalue weighted by Crippen LogP contribution is 2.36. The fourth-order valence-electron chi connectivity index (χ4n) is 5.25. The number of likely N-dealkylation sites (tertiary alicyclic amines) is 1. The molecular formula is C23H32N2O2. The van der Waals surface area contributed by atoms with Gasteiger partial charge in [0.05, 0.1) is 12.1 Å². The van der Waals surface area contributed by atoms with Crippen LogP contribution in [-0.2, 0) is 4.74 Å². The Labute approximate surface area is 162 Å². The van der Waals surface area contributed by atoms with Crippen molar-refractivity contribution < 1.29 is 9.47 Å². The molecule has 1 aliphatic carbocycles. The van der Waals surface area contributed by atoms with Gasteiger partial charge in [0, 0.05) is 43.9 Å². The van der Waals surface area contributed by atoms with Gasteiger partial charge in [-0.3, -0.25) is 0 Å². The summed E-state index contributed by atoms with van der Waals surface area (Å²) in [6.45, 7) is 5.41. The van der Waals surface area contributed by atoms with Crippen molar-refractivity contribution in [2.24, 2.45) is 5.92 Å². The van der Waals surface area contributed by atoms with E-state index in [9.17, 15) is 0 Å². The Hall–Kier alpha value is -1.52. The number of benzene rings is 1. The maximum atomic E-state index is 6.50. The molecule has 1 saturated carbocycles. The van der Waals surface area contributed by atoms with Crippen LogP contribution >= 0.6 is 0 Å². The molecule has 1 unspecified atom stereocenters. The summed E-state index contributed by atoms with van der Waals surface area (Å²) in [5.41, 5.74) is 1.35. The molecule has 5 rings (SSSR count). The van der Waals surface area contributed by atoms with Crippen molar-refractivity contribution in [1.29, 1.82) is 0 Å². The normalized spacial score (nSPS) is 25.6. The number of hydrogen-bond donors (Lipinski definition) is 0. The molecule has 3 aliphatic rings. The largest absolute Gasteiger partial charge is 0.490 e. The summed E-state index contributed by atoms with van der Waals surface area (Å²) in [6.07, 6.45) is 11.5. The van der Waals surface area contributed by atoms with E-state index >= 15 is 0 Å². The van der Waals surface area contributed by atoms with Gasteiger partial charge in [0.25, 0.3) is 0 Å². The van der Waals surface area contributed by atoms with Gasteiger partial charge < -0.3 is 18.9 Å². The van der Waals surface area contributed by atoms with Crippen molar-refractivity contribution in [2.45, 2.75) is 57.1 Å². The summed E-state index contributed by atoms with van der Waals surface area (Å²) in [5.74, 6) is 1.82. The van der Waals surface area contributed by atoms with E-state index in [4.69, 9.17) is 9.47 Å². The lowest BCUT2D eigenvalue weighted by Gasteiger charge is -2.33. The number of piperidine rings is 1. The first-order valence-electron chi connectivity index (χ1n) is 10.9. The van der Waals surface area contributed by atoms with E-state index in [2.05, 4.69) is 39.9 Å². The molecule has 146 valence electrons. The van der Waals surface area contributed by atoms with E-state index in [1.165, 1.54) is 49.6 Å². The molecule has 0 bridgehead atoms. The topological polar surface area (TPSA) is 26.6 Å². The molecule has 0 amide bonds. The van der Waals surface area contributed by atoms with Crippen LogP contribution in [0, 0.1) is 5.92 Å². The molecule has 1 aromatic heterocycles. The second-order valence-corrected chi connectivity index (χ2v) is 8.70. The van der Waals surface area contributed by atoms with Crippen LogP contribution in [0.15, 0.2) is 30.5 Å². The van der Waals surface area contributed by atoms with Crippen LogP contribution in [0.25, 0.3) is 10.9 Å². The number of rotatable bonds is 5. The van der Waals surface area contributed by atoms with Gasteiger partial charge in [-0.05, 0) is 56.2 Å². The van der Waals surface area contributed by atoms with Crippen LogP contribution in [0.2, 0.25) is 0 Å². The van der Waals surface area contributed by atoms with Gasteiger partial charge in [-0.15, -0.1) is 0 Å². The third-order valence-corrected chi connectivity index (χ3v) is 6.81. The highest BCUT2D eigenvalue weighted by molar-refractivity contribution is 5.86. The smallest absolute Gasteiger partial charge is 0.129 e. The highest BCUT2D eigenvalue weighted by Gasteiger charge is 2.25. The lowest BCUT2D eigenvalue weighted by atomic mass is 10.0. The van der Waals surface area contributed by atoms with Gasteiger partial charge >= 0.3 is 0 Å². The minimum absolute atomic E-state index is 0.349. The van der Waals surface area contributed by atoms with Crippen LogP contribution in [0.5, 0.6) is 5.75 Å². The Bertz CT molecular complexity index is 751. The van der Waals surface area contributed by atoms with E-state index in [1.54, 1.807) is 0 Å². The summed E-state index contributed by atoms with van der Waals surface area (Å²) in [5, 5.41) is 1.29. The van der Waals surface area contributed by atoms with Crippen molar-refractivity contribution in [2.75, 3.05) is 32.8 Å². The van der Waals surface area contributed by atoms with Crippen LogP contribution in [-0.4, -0.2) is 48.4 Å². The first kappa shape index (κ1) is 17.6. The summed E-state index contributed by atoms with van der Waals surface area (Å²) >= 11 is 0. The molecule has 2 aliphatic heterocycles.